The van der Waals surface area contributed by atoms with Crippen LogP contribution in [0.2, 0.25) is 0 Å². The number of carbonyl (C=O) groups excluding carboxylic acids is 2. The Hall–Kier alpha value is -1.93. The molecule has 3 aliphatic heterocycles. The van der Waals surface area contributed by atoms with Gasteiger partial charge in [0.05, 0.1) is 23.8 Å². The summed E-state index contributed by atoms with van der Waals surface area (Å²) in [4.78, 5) is 27.7. The van der Waals surface area contributed by atoms with Gasteiger partial charge >= 0.3 is 0 Å². The number of amides is 2. The fraction of sp³-hybridized carbons (Fsp3) is 0.737. The summed E-state index contributed by atoms with van der Waals surface area (Å²) in [5.74, 6) is 0.505. The number of aromatic nitrogens is 1. The van der Waals surface area contributed by atoms with E-state index in [0.29, 0.717) is 42.6 Å². The maximum atomic E-state index is 13.1. The lowest BCUT2D eigenvalue weighted by atomic mass is 9.98. The summed E-state index contributed by atoms with van der Waals surface area (Å²) < 4.78 is 16.4. The third-order valence-corrected chi connectivity index (χ3v) is 6.04. The van der Waals surface area contributed by atoms with Gasteiger partial charge in [-0.1, -0.05) is 5.16 Å². The average Bonchev–Trinajstić information content (AvgIpc) is 3.36. The minimum Gasteiger partial charge on any atom is -0.381 e. The first-order valence-corrected chi connectivity index (χ1v) is 9.77. The molecule has 0 radical (unpaired) electrons. The molecule has 3 aliphatic rings. The number of fused-ring (bicyclic) bond motifs is 1. The zero-order valence-corrected chi connectivity index (χ0v) is 15.9. The van der Waals surface area contributed by atoms with Crippen LogP contribution in [-0.4, -0.2) is 66.9 Å². The van der Waals surface area contributed by atoms with Crippen molar-refractivity contribution in [2.75, 3.05) is 32.9 Å². The molecule has 148 valence electrons. The van der Waals surface area contributed by atoms with Crippen molar-refractivity contribution in [3.8, 4) is 0 Å². The number of likely N-dealkylation sites (tertiary alicyclic amines) is 1. The third-order valence-electron chi connectivity index (χ3n) is 6.04. The van der Waals surface area contributed by atoms with E-state index in [0.717, 1.165) is 32.5 Å². The van der Waals surface area contributed by atoms with Crippen molar-refractivity contribution >= 4 is 11.8 Å². The molecule has 1 aromatic rings. The quantitative estimate of drug-likeness (QED) is 0.843. The van der Waals surface area contributed by atoms with Crippen molar-refractivity contribution in [1.82, 2.24) is 15.4 Å². The number of hydrogen-bond acceptors (Lipinski definition) is 6. The molecule has 8 nitrogen and oxygen atoms in total. The molecule has 3 fully saturated rings. The summed E-state index contributed by atoms with van der Waals surface area (Å²) in [5, 5.41) is 6.97. The Kier molecular flexibility index (Phi) is 5.19. The lowest BCUT2D eigenvalue weighted by Gasteiger charge is -2.23. The number of aryl methyl sites for hydroxylation is 2. The lowest BCUT2D eigenvalue weighted by Crippen LogP contribution is -2.40. The summed E-state index contributed by atoms with van der Waals surface area (Å²) in [5.41, 5.74) is 1.09. The van der Waals surface area contributed by atoms with E-state index in [1.165, 1.54) is 0 Å². The lowest BCUT2D eigenvalue weighted by molar-refractivity contribution is -0.128. The Bertz CT molecular complexity index is 693. The Morgan fingerprint density at radius 3 is 2.67 bits per heavy atom. The highest BCUT2D eigenvalue weighted by Gasteiger charge is 2.51. The smallest absolute Gasteiger partial charge is 0.259 e. The molecule has 1 aromatic heterocycles. The Labute approximate surface area is 158 Å². The normalized spacial score (nSPS) is 28.4. The second-order valence-electron chi connectivity index (χ2n) is 7.76. The summed E-state index contributed by atoms with van der Waals surface area (Å²) >= 11 is 0. The number of ether oxygens (including phenoxy) is 2. The van der Waals surface area contributed by atoms with E-state index in [2.05, 4.69) is 10.5 Å². The van der Waals surface area contributed by atoms with Crippen LogP contribution in [0.25, 0.3) is 0 Å². The highest BCUT2D eigenvalue weighted by molar-refractivity contribution is 5.97. The van der Waals surface area contributed by atoms with Gasteiger partial charge < -0.3 is 24.2 Å². The maximum Gasteiger partial charge on any atom is 0.259 e. The number of hydrogen-bond donors (Lipinski definition) is 1. The molecule has 4 rings (SSSR count). The zero-order valence-electron chi connectivity index (χ0n) is 15.9. The molecule has 0 spiro atoms. The molecular weight excluding hydrogens is 350 g/mol. The van der Waals surface area contributed by atoms with E-state index in [-0.39, 0.29) is 29.9 Å². The number of nitrogens with one attached hydrogen (secondary N) is 1. The van der Waals surface area contributed by atoms with Gasteiger partial charge in [-0.2, -0.15) is 0 Å². The van der Waals surface area contributed by atoms with E-state index in [1.807, 2.05) is 0 Å². The van der Waals surface area contributed by atoms with Crippen molar-refractivity contribution < 1.29 is 23.6 Å². The second kappa shape index (κ2) is 7.59. The monoisotopic (exact) mass is 377 g/mol. The van der Waals surface area contributed by atoms with E-state index in [1.54, 1.807) is 18.7 Å². The zero-order chi connectivity index (χ0) is 19.0. The van der Waals surface area contributed by atoms with Crippen molar-refractivity contribution in [3.63, 3.8) is 0 Å². The molecule has 1 N–H and O–H groups in total. The molecule has 0 aliphatic carbocycles. The van der Waals surface area contributed by atoms with Crippen LogP contribution >= 0.6 is 0 Å². The fourth-order valence-electron chi connectivity index (χ4n) is 4.49. The molecule has 3 saturated heterocycles. The molecule has 8 heteroatoms. The Morgan fingerprint density at radius 2 is 1.96 bits per heavy atom. The second-order valence-corrected chi connectivity index (χ2v) is 7.76. The van der Waals surface area contributed by atoms with Crippen LogP contribution in [-0.2, 0) is 14.3 Å². The number of nitrogens with zero attached hydrogens (tertiary/aromatic N) is 2. The maximum absolute atomic E-state index is 13.1. The standard InChI is InChI=1S/C19H27N3O5/c1-11-16(12(2)27-21-11)19(24)22-10-14(17-15(22)5-8-26-17)18(23)20-9-13-3-6-25-7-4-13/h13-15,17H,3-10H2,1-2H3,(H,20,23)/t14-,15-,17-/m0/s1. The van der Waals surface area contributed by atoms with E-state index in [9.17, 15) is 9.59 Å². The molecule has 0 aromatic carbocycles. The van der Waals surface area contributed by atoms with Crippen LogP contribution in [0, 0.1) is 25.7 Å². The topological polar surface area (TPSA) is 93.9 Å². The van der Waals surface area contributed by atoms with E-state index < -0.39 is 0 Å². The fourth-order valence-corrected chi connectivity index (χ4v) is 4.49. The van der Waals surface area contributed by atoms with Crippen LogP contribution in [0.15, 0.2) is 4.52 Å². The average molecular weight is 377 g/mol. The van der Waals surface area contributed by atoms with Gasteiger partial charge in [0.1, 0.15) is 11.3 Å². The molecule has 4 heterocycles. The first kappa shape index (κ1) is 18.4. The van der Waals surface area contributed by atoms with Crippen LogP contribution in [0.4, 0.5) is 0 Å². The molecular formula is C19H27N3O5. The molecule has 0 unspecified atom stereocenters. The van der Waals surface area contributed by atoms with Crippen molar-refractivity contribution in [2.45, 2.75) is 45.3 Å². The first-order valence-electron chi connectivity index (χ1n) is 9.77. The third kappa shape index (κ3) is 3.48. The minimum absolute atomic E-state index is 0.0209. The van der Waals surface area contributed by atoms with Gasteiger partial charge in [0, 0.05) is 32.9 Å². The van der Waals surface area contributed by atoms with Crippen LogP contribution in [0.1, 0.15) is 41.1 Å². The SMILES string of the molecule is Cc1noc(C)c1C(=O)N1C[C@H](C(=O)NCC2CCOCC2)[C@@H]2OCC[C@@H]21. The molecule has 0 bridgehead atoms. The van der Waals surface area contributed by atoms with E-state index >= 15 is 0 Å². The summed E-state index contributed by atoms with van der Waals surface area (Å²) in [6, 6.07) is -0.0648. The minimum atomic E-state index is -0.332. The summed E-state index contributed by atoms with van der Waals surface area (Å²) in [6.07, 6.45) is 2.47. The van der Waals surface area contributed by atoms with Crippen LogP contribution < -0.4 is 5.32 Å². The van der Waals surface area contributed by atoms with Gasteiger partial charge in [-0.05, 0) is 39.0 Å². The van der Waals surface area contributed by atoms with Crippen molar-refractivity contribution in [2.24, 2.45) is 11.8 Å². The molecule has 0 saturated carbocycles. The van der Waals surface area contributed by atoms with Gasteiger partial charge in [0.15, 0.2) is 0 Å². The van der Waals surface area contributed by atoms with Gasteiger partial charge in [0.2, 0.25) is 5.91 Å². The largest absolute Gasteiger partial charge is 0.381 e. The predicted octanol–water partition coefficient (Wildman–Crippen LogP) is 1.06. The summed E-state index contributed by atoms with van der Waals surface area (Å²) in [6.45, 7) is 6.63. The first-order chi connectivity index (χ1) is 13.1. The van der Waals surface area contributed by atoms with Gasteiger partial charge in [-0.15, -0.1) is 0 Å². The highest BCUT2D eigenvalue weighted by Crippen LogP contribution is 2.35. The van der Waals surface area contributed by atoms with Crippen molar-refractivity contribution in [1.29, 1.82) is 0 Å². The number of carbonyl (C=O) groups is 2. The highest BCUT2D eigenvalue weighted by atomic mass is 16.5. The Balaban J connectivity index is 1.44. The van der Waals surface area contributed by atoms with Crippen molar-refractivity contribution in [3.05, 3.63) is 17.0 Å². The Morgan fingerprint density at radius 1 is 1.19 bits per heavy atom. The predicted molar refractivity (Wildman–Crippen MR) is 95.2 cm³/mol. The van der Waals surface area contributed by atoms with E-state index in [4.69, 9.17) is 14.0 Å². The van der Waals surface area contributed by atoms with Crippen LogP contribution in [0.5, 0.6) is 0 Å². The summed E-state index contributed by atoms with van der Waals surface area (Å²) in [7, 11) is 0. The number of rotatable bonds is 4. The van der Waals surface area contributed by atoms with Gasteiger partial charge in [-0.25, -0.2) is 0 Å². The molecule has 27 heavy (non-hydrogen) atoms. The molecule has 2 amide bonds. The van der Waals surface area contributed by atoms with Gasteiger partial charge in [0.25, 0.3) is 5.91 Å². The van der Waals surface area contributed by atoms with Crippen LogP contribution in [0.3, 0.4) is 0 Å². The van der Waals surface area contributed by atoms with Gasteiger partial charge in [-0.3, -0.25) is 9.59 Å². The molecule has 3 atom stereocenters.